The lowest BCUT2D eigenvalue weighted by atomic mass is 9.77. The molecule has 1 nitrogen and oxygen atoms in total. The first-order chi connectivity index (χ1) is 28.0. The van der Waals surface area contributed by atoms with Crippen molar-refractivity contribution in [1.82, 2.24) is 0 Å². The predicted molar refractivity (Wildman–Crippen MR) is 245 cm³/mol. The highest BCUT2D eigenvalue weighted by Gasteiger charge is 2.43. The molecule has 0 fully saturated rings. The summed E-state index contributed by atoms with van der Waals surface area (Å²) < 4.78 is 0. The molecule has 280 valence electrons. The highest BCUT2D eigenvalue weighted by atomic mass is 15.1. The highest BCUT2D eigenvalue weighted by molar-refractivity contribution is 5.97. The number of fused-ring (bicyclic) bond motifs is 9. The van der Waals surface area contributed by atoms with Crippen LogP contribution in [-0.2, 0) is 16.2 Å². The summed E-state index contributed by atoms with van der Waals surface area (Å²) in [5.74, 6) is 0. The second kappa shape index (κ2) is 12.3. The van der Waals surface area contributed by atoms with Crippen molar-refractivity contribution in [3.63, 3.8) is 0 Å². The van der Waals surface area contributed by atoms with Crippen LogP contribution in [0.5, 0.6) is 0 Å². The van der Waals surface area contributed by atoms with Crippen molar-refractivity contribution in [2.45, 2.75) is 57.8 Å². The van der Waals surface area contributed by atoms with E-state index in [1.165, 1.54) is 106 Å². The minimum Gasteiger partial charge on any atom is -0.310 e. The molecule has 0 heterocycles. The molecule has 1 heteroatoms. The molecule has 3 aliphatic rings. The van der Waals surface area contributed by atoms with Gasteiger partial charge in [-0.15, -0.1) is 0 Å². The van der Waals surface area contributed by atoms with Crippen molar-refractivity contribution in [2.24, 2.45) is 0 Å². The third-order valence-electron chi connectivity index (χ3n) is 13.9. The standard InChI is InChI=1S/C57H47N/c1-55(2)47-25-15-13-23-42(47)43-30-28-38(32-49(43)55)58(53-27-16-14-22-40(53)36-18-9-7-10-19-36)39-29-31-44-45-34-46-52(35-51(45)57(5,6)50(44)33-39)56(3,4)48-26-17-24-41(54(46)48)37-20-11-8-12-21-37/h7-35H,1-6H3. The maximum absolute atomic E-state index is 2.56. The molecule has 0 N–H and O–H groups in total. The molecule has 0 aromatic heterocycles. The lowest BCUT2D eigenvalue weighted by Crippen LogP contribution is -2.19. The molecule has 11 rings (SSSR count). The van der Waals surface area contributed by atoms with Crippen LogP contribution in [0.25, 0.3) is 55.6 Å². The molecule has 0 aliphatic heterocycles. The first-order valence-corrected chi connectivity index (χ1v) is 20.8. The molecule has 3 aliphatic carbocycles. The summed E-state index contributed by atoms with van der Waals surface area (Å²) in [7, 11) is 0. The zero-order valence-electron chi connectivity index (χ0n) is 34.2. The minimum absolute atomic E-state index is 0.110. The average molecular weight is 746 g/mol. The SMILES string of the molecule is CC1(C)c2ccccc2-c2ccc(N(c3ccc4c(c3)C(C)(C)c3cc5c(cc3-4)-c3c(-c4ccccc4)cccc3C5(C)C)c3ccccc3-c3ccccc3)cc21. The van der Waals surface area contributed by atoms with Gasteiger partial charge in [-0.25, -0.2) is 0 Å². The van der Waals surface area contributed by atoms with E-state index in [4.69, 9.17) is 0 Å². The molecule has 8 aromatic carbocycles. The van der Waals surface area contributed by atoms with Gasteiger partial charge >= 0.3 is 0 Å². The molecule has 0 amide bonds. The van der Waals surface area contributed by atoms with Gasteiger partial charge in [0.05, 0.1) is 5.69 Å². The number of hydrogen-bond acceptors (Lipinski definition) is 1. The molecule has 0 atom stereocenters. The Bertz CT molecular complexity index is 2960. The van der Waals surface area contributed by atoms with Gasteiger partial charge in [0, 0.05) is 33.2 Å². The number of rotatable bonds is 5. The van der Waals surface area contributed by atoms with E-state index in [9.17, 15) is 0 Å². The minimum atomic E-state index is -0.199. The molecule has 58 heavy (non-hydrogen) atoms. The normalized spacial score (nSPS) is 15.5. The van der Waals surface area contributed by atoms with Gasteiger partial charge in [-0.2, -0.15) is 0 Å². The van der Waals surface area contributed by atoms with Gasteiger partial charge in [-0.1, -0.05) is 181 Å². The predicted octanol–water partition coefficient (Wildman–Crippen LogP) is 15.4. The Labute approximate surface area is 343 Å². The molecular formula is C57H47N. The van der Waals surface area contributed by atoms with Crippen LogP contribution in [0.3, 0.4) is 0 Å². The number of anilines is 3. The first kappa shape index (κ1) is 34.8. The summed E-state index contributed by atoms with van der Waals surface area (Å²) in [6.45, 7) is 14.4. The van der Waals surface area contributed by atoms with E-state index >= 15 is 0 Å². The fourth-order valence-electron chi connectivity index (χ4n) is 10.8. The van der Waals surface area contributed by atoms with Gasteiger partial charge in [-0.3, -0.25) is 0 Å². The van der Waals surface area contributed by atoms with Gasteiger partial charge in [0.15, 0.2) is 0 Å². The van der Waals surface area contributed by atoms with Crippen LogP contribution in [0.4, 0.5) is 17.1 Å². The van der Waals surface area contributed by atoms with Crippen LogP contribution in [0.15, 0.2) is 176 Å². The molecule has 0 saturated heterocycles. The number of benzene rings is 8. The van der Waals surface area contributed by atoms with Gasteiger partial charge in [0.2, 0.25) is 0 Å². The van der Waals surface area contributed by atoms with Gasteiger partial charge < -0.3 is 4.90 Å². The van der Waals surface area contributed by atoms with E-state index in [-0.39, 0.29) is 16.2 Å². The zero-order chi connectivity index (χ0) is 39.6. The first-order valence-electron chi connectivity index (χ1n) is 20.8. The van der Waals surface area contributed by atoms with E-state index in [0.29, 0.717) is 0 Å². The zero-order valence-corrected chi connectivity index (χ0v) is 34.2. The van der Waals surface area contributed by atoms with E-state index in [2.05, 4.69) is 222 Å². The van der Waals surface area contributed by atoms with Crippen LogP contribution < -0.4 is 4.90 Å². The Kier molecular flexibility index (Phi) is 7.36. The Morgan fingerprint density at radius 2 is 0.741 bits per heavy atom. The third kappa shape index (κ3) is 4.83. The fourth-order valence-corrected chi connectivity index (χ4v) is 10.8. The molecule has 0 unspecified atom stereocenters. The van der Waals surface area contributed by atoms with Crippen LogP contribution in [0.1, 0.15) is 74.9 Å². The van der Waals surface area contributed by atoms with Gasteiger partial charge in [-0.05, 0) is 120 Å². The lowest BCUT2D eigenvalue weighted by molar-refractivity contribution is 0.639. The van der Waals surface area contributed by atoms with Crippen LogP contribution in [0.2, 0.25) is 0 Å². The maximum Gasteiger partial charge on any atom is 0.0540 e. The summed E-state index contributed by atoms with van der Waals surface area (Å²) in [5, 5.41) is 0. The van der Waals surface area contributed by atoms with Gasteiger partial charge in [0.1, 0.15) is 0 Å². The van der Waals surface area contributed by atoms with Crippen molar-refractivity contribution < 1.29 is 0 Å². The second-order valence-electron chi connectivity index (χ2n) is 18.1. The van der Waals surface area contributed by atoms with Crippen molar-refractivity contribution in [3.05, 3.63) is 209 Å². The average Bonchev–Trinajstić information content (AvgIpc) is 3.73. The van der Waals surface area contributed by atoms with Crippen molar-refractivity contribution >= 4 is 17.1 Å². The van der Waals surface area contributed by atoms with Crippen LogP contribution >= 0.6 is 0 Å². The summed E-state index contributed by atoms with van der Waals surface area (Å²) >= 11 is 0. The summed E-state index contributed by atoms with van der Waals surface area (Å²) in [6, 6.07) is 65.9. The summed E-state index contributed by atoms with van der Waals surface area (Å²) in [4.78, 5) is 2.51. The fraction of sp³-hybridized carbons (Fsp3) is 0.158. The molecule has 0 bridgehead atoms. The highest BCUT2D eigenvalue weighted by Crippen LogP contribution is 2.59. The summed E-state index contributed by atoms with van der Waals surface area (Å²) in [6.07, 6.45) is 0. The molecule has 0 radical (unpaired) electrons. The molecular weight excluding hydrogens is 699 g/mol. The summed E-state index contributed by atoms with van der Waals surface area (Å²) in [5.41, 5.74) is 24.6. The van der Waals surface area contributed by atoms with Crippen molar-refractivity contribution in [2.75, 3.05) is 4.90 Å². The molecule has 0 spiro atoms. The number of para-hydroxylation sites is 1. The number of hydrogen-bond donors (Lipinski definition) is 0. The van der Waals surface area contributed by atoms with E-state index in [0.717, 1.165) is 0 Å². The third-order valence-corrected chi connectivity index (χ3v) is 13.9. The molecule has 8 aromatic rings. The molecule has 0 saturated carbocycles. The monoisotopic (exact) mass is 745 g/mol. The van der Waals surface area contributed by atoms with E-state index in [1.807, 2.05) is 0 Å². The topological polar surface area (TPSA) is 3.24 Å². The smallest absolute Gasteiger partial charge is 0.0540 e. The van der Waals surface area contributed by atoms with Gasteiger partial charge in [0.25, 0.3) is 0 Å². The Hall–Kier alpha value is -6.44. The van der Waals surface area contributed by atoms with E-state index in [1.54, 1.807) is 0 Å². The van der Waals surface area contributed by atoms with Crippen LogP contribution in [-0.4, -0.2) is 0 Å². The Morgan fingerprint density at radius 1 is 0.293 bits per heavy atom. The largest absolute Gasteiger partial charge is 0.310 e. The number of nitrogens with zero attached hydrogens (tertiary/aromatic N) is 1. The maximum atomic E-state index is 2.56. The lowest BCUT2D eigenvalue weighted by Gasteiger charge is -2.31. The Morgan fingerprint density at radius 3 is 1.41 bits per heavy atom. The van der Waals surface area contributed by atoms with Crippen molar-refractivity contribution in [3.8, 4) is 55.6 Å². The second-order valence-corrected chi connectivity index (χ2v) is 18.1. The van der Waals surface area contributed by atoms with E-state index < -0.39 is 0 Å². The van der Waals surface area contributed by atoms with Crippen molar-refractivity contribution in [1.29, 1.82) is 0 Å². The Balaban J connectivity index is 1.10. The van der Waals surface area contributed by atoms with Crippen LogP contribution in [0, 0.1) is 0 Å². The quantitative estimate of drug-likeness (QED) is 0.170.